The van der Waals surface area contributed by atoms with Crippen LogP contribution in [0.2, 0.25) is 0 Å². The van der Waals surface area contributed by atoms with Gasteiger partial charge < -0.3 is 24.6 Å². The maximum Gasteiger partial charge on any atom is 0.274 e. The number of benzene rings is 1. The quantitative estimate of drug-likeness (QED) is 0.848. The number of hydrogen-bond donors (Lipinski definition) is 2. The Labute approximate surface area is 149 Å². The Balaban J connectivity index is 1.80. The molecule has 2 N–H and O–H groups in total. The highest BCUT2D eigenvalue weighted by Gasteiger charge is 2.29. The van der Waals surface area contributed by atoms with Gasteiger partial charge in [-0.05, 0) is 24.6 Å². The lowest BCUT2D eigenvalue weighted by Gasteiger charge is -2.14. The molecule has 2 unspecified atom stereocenters. The predicted molar refractivity (Wildman–Crippen MR) is 89.3 cm³/mol. The number of halogens is 1. The van der Waals surface area contributed by atoms with Gasteiger partial charge in [-0.3, -0.25) is 4.79 Å². The summed E-state index contributed by atoms with van der Waals surface area (Å²) in [7, 11) is 1.37. The lowest BCUT2D eigenvalue weighted by molar-refractivity contribution is -0.0604. The zero-order valence-electron chi connectivity index (χ0n) is 14.4. The normalized spacial score (nSPS) is 19.3. The molecule has 1 aromatic carbocycles. The minimum atomic E-state index is -0.733. The van der Waals surface area contributed by atoms with Gasteiger partial charge in [0.15, 0.2) is 17.2 Å². The first-order valence-electron chi connectivity index (χ1n) is 8.05. The number of methoxy groups -OCH3 is 1. The van der Waals surface area contributed by atoms with Crippen LogP contribution in [0.15, 0.2) is 30.3 Å². The number of amides is 1. The van der Waals surface area contributed by atoms with E-state index in [0.717, 1.165) is 0 Å². The highest BCUT2D eigenvalue weighted by molar-refractivity contribution is 5.95. The van der Waals surface area contributed by atoms with Crippen LogP contribution >= 0.6 is 0 Å². The third kappa shape index (κ3) is 3.92. The van der Waals surface area contributed by atoms with E-state index in [1.54, 1.807) is 12.1 Å². The van der Waals surface area contributed by atoms with E-state index in [1.807, 2.05) is 6.92 Å². The number of nitrogens with zero attached hydrogens (tertiary/aromatic N) is 1. The molecule has 26 heavy (non-hydrogen) atoms. The lowest BCUT2D eigenvalue weighted by atomic mass is 10.2. The van der Waals surface area contributed by atoms with Crippen molar-refractivity contribution in [1.29, 1.82) is 0 Å². The van der Waals surface area contributed by atoms with E-state index in [2.05, 4.69) is 10.3 Å². The van der Waals surface area contributed by atoms with Crippen molar-refractivity contribution >= 4 is 5.91 Å². The van der Waals surface area contributed by atoms with E-state index >= 15 is 0 Å². The monoisotopic (exact) mass is 362 g/mol. The fourth-order valence-corrected chi connectivity index (χ4v) is 2.50. The number of rotatable bonds is 5. The number of hydrogen-bond acceptors (Lipinski definition) is 6. The van der Waals surface area contributed by atoms with Crippen molar-refractivity contribution in [2.75, 3.05) is 13.7 Å². The predicted octanol–water partition coefficient (Wildman–Crippen LogP) is 2.30. The van der Waals surface area contributed by atoms with Crippen molar-refractivity contribution in [3.63, 3.8) is 0 Å². The molecular weight excluding hydrogens is 343 g/mol. The van der Waals surface area contributed by atoms with E-state index < -0.39 is 12.2 Å². The minimum Gasteiger partial charge on any atom is -0.503 e. The van der Waals surface area contributed by atoms with Gasteiger partial charge in [0.25, 0.3) is 5.91 Å². The molecule has 1 aliphatic heterocycles. The Morgan fingerprint density at radius 1 is 1.42 bits per heavy atom. The molecule has 3 rings (SSSR count). The number of ether oxygens (including phenoxy) is 3. The summed E-state index contributed by atoms with van der Waals surface area (Å²) in [5.41, 5.74) is 0.836. The van der Waals surface area contributed by atoms with Gasteiger partial charge in [0.1, 0.15) is 11.5 Å². The van der Waals surface area contributed by atoms with Crippen molar-refractivity contribution < 1.29 is 28.5 Å². The van der Waals surface area contributed by atoms with Gasteiger partial charge in [0.2, 0.25) is 6.29 Å². The first-order chi connectivity index (χ1) is 12.5. The number of carbonyl (C=O) groups excluding carboxylic acids is 1. The number of nitrogens with one attached hydrogen (secondary N) is 1. The topological polar surface area (TPSA) is 89.9 Å². The average molecular weight is 362 g/mol. The van der Waals surface area contributed by atoms with Crippen LogP contribution in [0.4, 0.5) is 4.39 Å². The minimum absolute atomic E-state index is 0.0914. The summed E-state index contributed by atoms with van der Waals surface area (Å²) in [6, 6.07) is 7.19. The van der Waals surface area contributed by atoms with Crippen LogP contribution < -0.4 is 10.1 Å². The van der Waals surface area contributed by atoms with Crippen LogP contribution in [0.25, 0.3) is 0 Å². The Morgan fingerprint density at radius 2 is 2.15 bits per heavy atom. The summed E-state index contributed by atoms with van der Waals surface area (Å²) in [5, 5.41) is 12.9. The summed E-state index contributed by atoms with van der Waals surface area (Å²) in [6.45, 7) is 2.41. The molecule has 2 atom stereocenters. The Morgan fingerprint density at radius 3 is 2.77 bits per heavy atom. The Hall–Kier alpha value is -2.71. The van der Waals surface area contributed by atoms with Crippen molar-refractivity contribution in [3.8, 4) is 11.5 Å². The maximum absolute atomic E-state index is 12.9. The number of carbonyl (C=O) groups is 1. The molecule has 8 heteroatoms. The van der Waals surface area contributed by atoms with Crippen LogP contribution in [-0.2, 0) is 16.0 Å². The number of aromatic hydroxyl groups is 1. The van der Waals surface area contributed by atoms with Gasteiger partial charge in [-0.25, -0.2) is 9.37 Å². The first-order valence-corrected chi connectivity index (χ1v) is 8.05. The third-order valence-electron chi connectivity index (χ3n) is 3.86. The summed E-state index contributed by atoms with van der Waals surface area (Å²) < 4.78 is 29.1. The molecule has 1 amide bonds. The molecule has 2 aromatic rings. The highest BCUT2D eigenvalue weighted by atomic mass is 19.1. The summed E-state index contributed by atoms with van der Waals surface area (Å²) >= 11 is 0. The molecule has 0 spiro atoms. The van der Waals surface area contributed by atoms with Gasteiger partial charge in [-0.1, -0.05) is 12.1 Å². The second-order valence-electron chi connectivity index (χ2n) is 5.87. The SMILES string of the molecule is COc1cc(C2OCC(C)O2)nc(C(=O)NCc2ccc(F)cc2)c1O. The van der Waals surface area contributed by atoms with E-state index in [-0.39, 0.29) is 35.7 Å². The van der Waals surface area contributed by atoms with Gasteiger partial charge >= 0.3 is 0 Å². The molecule has 0 saturated carbocycles. The zero-order chi connectivity index (χ0) is 18.7. The largest absolute Gasteiger partial charge is 0.503 e. The van der Waals surface area contributed by atoms with E-state index in [0.29, 0.717) is 17.9 Å². The molecule has 1 fully saturated rings. The second-order valence-corrected chi connectivity index (χ2v) is 5.87. The van der Waals surface area contributed by atoms with Crippen LogP contribution in [0.1, 0.15) is 35.0 Å². The standard InChI is InChI=1S/C18H19FN2O5/c1-10-9-25-18(26-10)13-7-14(24-2)16(22)15(21-13)17(23)20-8-11-3-5-12(19)6-4-11/h3-7,10,18,22H,8-9H2,1-2H3,(H,20,23). The third-order valence-corrected chi connectivity index (χ3v) is 3.86. The van der Waals surface area contributed by atoms with E-state index in [9.17, 15) is 14.3 Å². The molecule has 0 radical (unpaired) electrons. The zero-order valence-corrected chi connectivity index (χ0v) is 14.4. The van der Waals surface area contributed by atoms with Crippen molar-refractivity contribution in [1.82, 2.24) is 10.3 Å². The number of pyridine rings is 1. The van der Waals surface area contributed by atoms with Crippen LogP contribution in [0.3, 0.4) is 0 Å². The highest BCUT2D eigenvalue weighted by Crippen LogP contribution is 2.34. The van der Waals surface area contributed by atoms with Crippen LogP contribution in [0.5, 0.6) is 11.5 Å². The summed E-state index contributed by atoms with van der Waals surface area (Å²) in [6.07, 6.45) is -0.833. The second kappa shape index (κ2) is 7.67. The molecule has 0 bridgehead atoms. The fourth-order valence-electron chi connectivity index (χ4n) is 2.50. The van der Waals surface area contributed by atoms with Crippen molar-refractivity contribution in [2.24, 2.45) is 0 Å². The van der Waals surface area contributed by atoms with Gasteiger partial charge in [0.05, 0.1) is 19.8 Å². The Bertz CT molecular complexity index is 797. The molecule has 138 valence electrons. The molecule has 7 nitrogen and oxygen atoms in total. The van der Waals surface area contributed by atoms with E-state index in [1.165, 1.54) is 25.3 Å². The average Bonchev–Trinajstić information content (AvgIpc) is 3.07. The van der Waals surface area contributed by atoms with Crippen molar-refractivity contribution in [3.05, 3.63) is 53.1 Å². The van der Waals surface area contributed by atoms with E-state index in [4.69, 9.17) is 14.2 Å². The van der Waals surface area contributed by atoms with Crippen LogP contribution in [-0.4, -0.2) is 35.8 Å². The summed E-state index contributed by atoms with van der Waals surface area (Å²) in [5.74, 6) is -1.24. The van der Waals surface area contributed by atoms with Crippen LogP contribution in [0, 0.1) is 5.82 Å². The summed E-state index contributed by atoms with van der Waals surface area (Å²) in [4.78, 5) is 16.6. The molecule has 1 saturated heterocycles. The van der Waals surface area contributed by atoms with Gasteiger partial charge in [-0.2, -0.15) is 0 Å². The Kier molecular flexibility index (Phi) is 5.34. The smallest absolute Gasteiger partial charge is 0.274 e. The lowest BCUT2D eigenvalue weighted by Crippen LogP contribution is -2.24. The van der Waals surface area contributed by atoms with Crippen molar-refractivity contribution in [2.45, 2.75) is 25.9 Å². The number of aromatic nitrogens is 1. The molecule has 0 aliphatic carbocycles. The van der Waals surface area contributed by atoms with Gasteiger partial charge in [0, 0.05) is 12.6 Å². The molecule has 1 aliphatic rings. The van der Waals surface area contributed by atoms with Gasteiger partial charge in [-0.15, -0.1) is 0 Å². The molecular formula is C18H19FN2O5. The molecule has 1 aromatic heterocycles. The fraction of sp³-hybridized carbons (Fsp3) is 0.333. The first kappa shape index (κ1) is 18.1. The maximum atomic E-state index is 12.9. The molecule has 2 heterocycles.